The van der Waals surface area contributed by atoms with Crippen LogP contribution in [0, 0.1) is 0 Å². The van der Waals surface area contributed by atoms with Gasteiger partial charge in [-0.3, -0.25) is 14.5 Å². The van der Waals surface area contributed by atoms with Crippen LogP contribution >= 0.6 is 12.2 Å². The summed E-state index contributed by atoms with van der Waals surface area (Å²) in [5, 5.41) is 12.0. The Kier molecular flexibility index (Phi) is 6.16. The highest BCUT2D eigenvalue weighted by Gasteiger charge is 2.32. The fraction of sp³-hybridized carbons (Fsp3) is 0.107. The van der Waals surface area contributed by atoms with Crippen LogP contribution in [0.15, 0.2) is 84.9 Å². The Labute approximate surface area is 209 Å². The second kappa shape index (κ2) is 9.56. The van der Waals surface area contributed by atoms with E-state index in [0.717, 1.165) is 28.0 Å². The Balaban J connectivity index is 1.39. The van der Waals surface area contributed by atoms with Gasteiger partial charge in [-0.1, -0.05) is 48.5 Å². The quantitative estimate of drug-likeness (QED) is 0.237. The summed E-state index contributed by atoms with van der Waals surface area (Å²) in [6.07, 6.45) is 0. The van der Waals surface area contributed by atoms with Gasteiger partial charge in [-0.2, -0.15) is 0 Å². The molecule has 0 aromatic heterocycles. The molecule has 0 fully saturated rings. The SMILES string of the molecule is CCN1C(=O)c2cccc3c(NCc4ccccc4NC(=S)Nc4ccccc4)ccc(c23)C1=O. The Morgan fingerprint density at radius 2 is 1.49 bits per heavy atom. The summed E-state index contributed by atoms with van der Waals surface area (Å²) in [5.74, 6) is -0.497. The minimum absolute atomic E-state index is 0.248. The molecule has 0 unspecified atom stereocenters. The highest BCUT2D eigenvalue weighted by molar-refractivity contribution is 7.80. The third-order valence-electron chi connectivity index (χ3n) is 6.07. The van der Waals surface area contributed by atoms with Crippen LogP contribution in [-0.2, 0) is 6.54 Å². The number of carbonyl (C=O) groups is 2. The lowest BCUT2D eigenvalue weighted by molar-refractivity contribution is 0.0619. The summed E-state index contributed by atoms with van der Waals surface area (Å²) in [5.41, 5.74) is 4.80. The van der Waals surface area contributed by atoms with E-state index in [2.05, 4.69) is 16.0 Å². The van der Waals surface area contributed by atoms with Gasteiger partial charge in [0, 0.05) is 52.1 Å². The Morgan fingerprint density at radius 1 is 0.771 bits per heavy atom. The molecule has 0 aliphatic carbocycles. The van der Waals surface area contributed by atoms with Gasteiger partial charge in [0.05, 0.1) is 0 Å². The summed E-state index contributed by atoms with van der Waals surface area (Å²) in [7, 11) is 0. The molecule has 2 amide bonds. The monoisotopic (exact) mass is 480 g/mol. The predicted octanol–water partition coefficient (Wildman–Crippen LogP) is 5.88. The van der Waals surface area contributed by atoms with Gasteiger partial charge in [-0.05, 0) is 61.1 Å². The summed E-state index contributed by atoms with van der Waals surface area (Å²) in [6.45, 7) is 2.68. The summed E-state index contributed by atoms with van der Waals surface area (Å²) in [6, 6.07) is 27.0. The number of para-hydroxylation sites is 2. The van der Waals surface area contributed by atoms with E-state index in [4.69, 9.17) is 12.2 Å². The number of anilines is 3. The molecule has 1 aliphatic heterocycles. The number of imide groups is 1. The number of nitrogens with one attached hydrogen (secondary N) is 3. The van der Waals surface area contributed by atoms with Crippen molar-refractivity contribution in [3.8, 4) is 0 Å². The molecule has 35 heavy (non-hydrogen) atoms. The van der Waals surface area contributed by atoms with E-state index in [1.54, 1.807) is 12.1 Å². The Morgan fingerprint density at radius 3 is 2.26 bits per heavy atom. The lowest BCUT2D eigenvalue weighted by Gasteiger charge is -2.27. The van der Waals surface area contributed by atoms with Gasteiger partial charge < -0.3 is 16.0 Å². The van der Waals surface area contributed by atoms with Crippen molar-refractivity contribution >= 4 is 57.0 Å². The summed E-state index contributed by atoms with van der Waals surface area (Å²) in [4.78, 5) is 27.0. The van der Waals surface area contributed by atoms with E-state index in [1.807, 2.05) is 79.7 Å². The maximum absolute atomic E-state index is 12.9. The van der Waals surface area contributed by atoms with Crippen LogP contribution in [0.4, 0.5) is 17.1 Å². The topological polar surface area (TPSA) is 73.5 Å². The predicted molar refractivity (Wildman–Crippen MR) is 145 cm³/mol. The molecule has 0 bridgehead atoms. The average molecular weight is 481 g/mol. The molecule has 5 rings (SSSR count). The molecule has 0 saturated carbocycles. The van der Waals surface area contributed by atoms with Crippen molar-refractivity contribution in [2.75, 3.05) is 22.5 Å². The molecule has 0 atom stereocenters. The number of amides is 2. The third-order valence-corrected chi connectivity index (χ3v) is 6.28. The van der Waals surface area contributed by atoms with Gasteiger partial charge in [-0.15, -0.1) is 0 Å². The highest BCUT2D eigenvalue weighted by atomic mass is 32.1. The van der Waals surface area contributed by atoms with E-state index in [9.17, 15) is 9.59 Å². The highest BCUT2D eigenvalue weighted by Crippen LogP contribution is 2.34. The lowest BCUT2D eigenvalue weighted by Crippen LogP contribution is -2.40. The van der Waals surface area contributed by atoms with Crippen LogP contribution in [0.5, 0.6) is 0 Å². The van der Waals surface area contributed by atoms with Crippen molar-refractivity contribution in [1.82, 2.24) is 4.90 Å². The minimum atomic E-state index is -0.248. The third kappa shape index (κ3) is 4.34. The largest absolute Gasteiger partial charge is 0.380 e. The molecule has 174 valence electrons. The molecular weight excluding hydrogens is 456 g/mol. The maximum Gasteiger partial charge on any atom is 0.261 e. The van der Waals surface area contributed by atoms with Crippen molar-refractivity contribution in [2.24, 2.45) is 0 Å². The van der Waals surface area contributed by atoms with Crippen molar-refractivity contribution in [3.63, 3.8) is 0 Å². The molecule has 4 aromatic rings. The van der Waals surface area contributed by atoms with Gasteiger partial charge >= 0.3 is 0 Å². The smallest absolute Gasteiger partial charge is 0.261 e. The first-order valence-electron chi connectivity index (χ1n) is 11.4. The van der Waals surface area contributed by atoms with E-state index in [-0.39, 0.29) is 11.8 Å². The first kappa shape index (κ1) is 22.6. The van der Waals surface area contributed by atoms with E-state index < -0.39 is 0 Å². The fourth-order valence-corrected chi connectivity index (χ4v) is 4.61. The standard InChI is InChI=1S/C28H24N4O2S/c1-2-32-26(33)21-13-8-12-20-24(16-15-22(25(20)21)27(32)34)29-17-18-9-6-7-14-23(18)31-28(35)30-19-10-4-3-5-11-19/h3-16,29H,2,17H2,1H3,(H2,30,31,35). The fourth-order valence-electron chi connectivity index (χ4n) is 4.38. The van der Waals surface area contributed by atoms with E-state index >= 15 is 0 Å². The molecule has 0 spiro atoms. The number of carbonyl (C=O) groups excluding carboxylic acids is 2. The maximum atomic E-state index is 12.9. The van der Waals surface area contributed by atoms with Gasteiger partial charge in [0.15, 0.2) is 5.11 Å². The normalized spacial score (nSPS) is 12.5. The molecule has 7 heteroatoms. The van der Waals surface area contributed by atoms with Crippen LogP contribution in [-0.4, -0.2) is 28.4 Å². The molecule has 4 aromatic carbocycles. The van der Waals surface area contributed by atoms with Crippen molar-refractivity contribution in [2.45, 2.75) is 13.5 Å². The zero-order valence-electron chi connectivity index (χ0n) is 19.2. The summed E-state index contributed by atoms with van der Waals surface area (Å²) < 4.78 is 0. The van der Waals surface area contributed by atoms with Crippen LogP contribution in [0.2, 0.25) is 0 Å². The van der Waals surface area contributed by atoms with Gasteiger partial charge in [-0.25, -0.2) is 0 Å². The number of thiocarbonyl (C=S) groups is 1. The number of nitrogens with zero attached hydrogens (tertiary/aromatic N) is 1. The zero-order valence-corrected chi connectivity index (χ0v) is 20.0. The average Bonchev–Trinajstić information content (AvgIpc) is 2.88. The second-order valence-electron chi connectivity index (χ2n) is 8.20. The molecular formula is C28H24N4O2S. The zero-order chi connectivity index (χ0) is 24.4. The molecule has 3 N–H and O–H groups in total. The first-order chi connectivity index (χ1) is 17.1. The van der Waals surface area contributed by atoms with Gasteiger partial charge in [0.2, 0.25) is 0 Å². The second-order valence-corrected chi connectivity index (χ2v) is 8.61. The number of benzene rings is 4. The molecule has 0 radical (unpaired) electrons. The number of rotatable bonds is 6. The molecule has 0 saturated heterocycles. The molecule has 1 aliphatic rings. The minimum Gasteiger partial charge on any atom is -0.380 e. The van der Waals surface area contributed by atoms with Crippen molar-refractivity contribution < 1.29 is 9.59 Å². The van der Waals surface area contributed by atoms with Crippen LogP contribution < -0.4 is 16.0 Å². The van der Waals surface area contributed by atoms with Crippen LogP contribution in [0.1, 0.15) is 33.2 Å². The van der Waals surface area contributed by atoms with E-state index in [0.29, 0.717) is 34.7 Å². The van der Waals surface area contributed by atoms with E-state index in [1.165, 1.54) is 4.90 Å². The number of hydrogen-bond donors (Lipinski definition) is 3. The molecule has 1 heterocycles. The van der Waals surface area contributed by atoms with Crippen molar-refractivity contribution in [1.29, 1.82) is 0 Å². The Bertz CT molecular complexity index is 1430. The summed E-state index contributed by atoms with van der Waals surface area (Å²) >= 11 is 5.50. The van der Waals surface area contributed by atoms with Crippen LogP contribution in [0.25, 0.3) is 10.8 Å². The van der Waals surface area contributed by atoms with Crippen LogP contribution in [0.3, 0.4) is 0 Å². The van der Waals surface area contributed by atoms with Gasteiger partial charge in [0.1, 0.15) is 0 Å². The molecule has 6 nitrogen and oxygen atoms in total. The number of hydrogen-bond acceptors (Lipinski definition) is 4. The Hall–Kier alpha value is -4.23. The lowest BCUT2D eigenvalue weighted by atomic mass is 9.93. The van der Waals surface area contributed by atoms with Gasteiger partial charge in [0.25, 0.3) is 11.8 Å². The first-order valence-corrected chi connectivity index (χ1v) is 11.8. The van der Waals surface area contributed by atoms with Crippen molar-refractivity contribution in [3.05, 3.63) is 102 Å².